The molecule has 25 heavy (non-hydrogen) atoms. The lowest BCUT2D eigenvalue weighted by molar-refractivity contribution is 0.181. The van der Waals surface area contributed by atoms with Gasteiger partial charge < -0.3 is 15.5 Å². The number of hydrogen-bond donors (Lipinski definition) is 2. The fourth-order valence-electron chi connectivity index (χ4n) is 3.26. The van der Waals surface area contributed by atoms with Gasteiger partial charge in [-0.05, 0) is 63.2 Å². The molecule has 0 saturated carbocycles. The fourth-order valence-corrected chi connectivity index (χ4v) is 4.15. The quantitative estimate of drug-likeness (QED) is 0.256. The summed E-state index contributed by atoms with van der Waals surface area (Å²) in [5, 5.41) is 6.84. The molecule has 1 aromatic rings. The summed E-state index contributed by atoms with van der Waals surface area (Å²) in [6, 6.07) is 4.43. The van der Waals surface area contributed by atoms with Gasteiger partial charge in [0, 0.05) is 29.9 Å². The molecule has 144 valence electrons. The molecule has 1 fully saturated rings. The molecule has 1 unspecified atom stereocenters. The highest BCUT2D eigenvalue weighted by atomic mass is 127. The SMILES string of the molecule is CCc1ccc(CNC(=NC)NCCCCN2CCCC(C)C2)s1.I. The van der Waals surface area contributed by atoms with Crippen molar-refractivity contribution in [1.82, 2.24) is 15.5 Å². The molecule has 1 aliphatic rings. The second kappa shape index (κ2) is 12.9. The van der Waals surface area contributed by atoms with Crippen LogP contribution < -0.4 is 10.6 Å². The Bertz CT molecular complexity index is 503. The minimum Gasteiger partial charge on any atom is -0.356 e. The van der Waals surface area contributed by atoms with Crippen LogP contribution in [-0.4, -0.2) is 44.1 Å². The third-order valence-electron chi connectivity index (χ3n) is 4.65. The molecule has 4 nitrogen and oxygen atoms in total. The largest absolute Gasteiger partial charge is 0.356 e. The van der Waals surface area contributed by atoms with E-state index in [0.717, 1.165) is 31.4 Å². The molecule has 6 heteroatoms. The number of aliphatic imine (C=N–C) groups is 1. The molecular formula is C19H35IN4S. The molecule has 0 aromatic carbocycles. The zero-order chi connectivity index (χ0) is 17.2. The zero-order valence-corrected chi connectivity index (χ0v) is 19.2. The van der Waals surface area contributed by atoms with E-state index < -0.39 is 0 Å². The number of likely N-dealkylation sites (tertiary alicyclic amines) is 1. The summed E-state index contributed by atoms with van der Waals surface area (Å²) in [6.45, 7) is 10.3. The van der Waals surface area contributed by atoms with Crippen LogP contribution in [0, 0.1) is 5.92 Å². The number of aryl methyl sites for hydroxylation is 1. The minimum atomic E-state index is 0. The summed E-state index contributed by atoms with van der Waals surface area (Å²) in [5.41, 5.74) is 0. The van der Waals surface area contributed by atoms with Crippen molar-refractivity contribution in [2.45, 2.75) is 52.5 Å². The molecule has 0 spiro atoms. The molecule has 1 aliphatic heterocycles. The van der Waals surface area contributed by atoms with Crippen LogP contribution in [0.2, 0.25) is 0 Å². The predicted molar refractivity (Wildman–Crippen MR) is 121 cm³/mol. The van der Waals surface area contributed by atoms with E-state index in [0.29, 0.717) is 0 Å². The number of halogens is 1. The molecule has 1 saturated heterocycles. The van der Waals surface area contributed by atoms with E-state index in [-0.39, 0.29) is 24.0 Å². The van der Waals surface area contributed by atoms with Crippen molar-refractivity contribution in [3.05, 3.63) is 21.9 Å². The first-order chi connectivity index (χ1) is 11.7. The molecule has 1 atom stereocenters. The Morgan fingerprint density at radius 2 is 2.08 bits per heavy atom. The number of guanidine groups is 1. The van der Waals surface area contributed by atoms with Gasteiger partial charge in [-0.1, -0.05) is 13.8 Å². The maximum Gasteiger partial charge on any atom is 0.191 e. The third-order valence-corrected chi connectivity index (χ3v) is 5.88. The molecule has 0 amide bonds. The van der Waals surface area contributed by atoms with Gasteiger partial charge in [-0.2, -0.15) is 0 Å². The van der Waals surface area contributed by atoms with Gasteiger partial charge in [0.25, 0.3) is 0 Å². The maximum atomic E-state index is 4.32. The van der Waals surface area contributed by atoms with Crippen LogP contribution >= 0.6 is 35.3 Å². The number of thiophene rings is 1. The first kappa shape index (κ1) is 22.7. The Labute approximate surface area is 174 Å². The van der Waals surface area contributed by atoms with Gasteiger partial charge >= 0.3 is 0 Å². The number of hydrogen-bond acceptors (Lipinski definition) is 3. The Kier molecular flexibility index (Phi) is 11.7. The number of nitrogens with one attached hydrogen (secondary N) is 2. The van der Waals surface area contributed by atoms with Gasteiger partial charge in [-0.15, -0.1) is 35.3 Å². The average molecular weight is 478 g/mol. The van der Waals surface area contributed by atoms with E-state index in [1.807, 2.05) is 18.4 Å². The Morgan fingerprint density at radius 1 is 1.28 bits per heavy atom. The standard InChI is InChI=1S/C19H34N4S.HI/c1-4-17-9-10-18(24-17)14-22-19(20-3)21-11-5-6-12-23-13-7-8-16(2)15-23;/h9-10,16H,4-8,11-15H2,1-3H3,(H2,20,21,22);1H. The van der Waals surface area contributed by atoms with Gasteiger partial charge in [0.05, 0.1) is 6.54 Å². The van der Waals surface area contributed by atoms with Gasteiger partial charge in [-0.3, -0.25) is 4.99 Å². The van der Waals surface area contributed by atoms with E-state index in [9.17, 15) is 0 Å². The van der Waals surface area contributed by atoms with E-state index in [1.165, 1.54) is 55.1 Å². The smallest absolute Gasteiger partial charge is 0.191 e. The predicted octanol–water partition coefficient (Wildman–Crippen LogP) is 4.11. The van der Waals surface area contributed by atoms with Gasteiger partial charge in [0.2, 0.25) is 0 Å². The van der Waals surface area contributed by atoms with Gasteiger partial charge in [-0.25, -0.2) is 0 Å². The summed E-state index contributed by atoms with van der Waals surface area (Å²) in [6.07, 6.45) is 6.36. The number of rotatable bonds is 8. The Balaban J connectivity index is 0.00000312. The lowest BCUT2D eigenvalue weighted by Crippen LogP contribution is -2.38. The normalized spacial score (nSPS) is 18.7. The summed E-state index contributed by atoms with van der Waals surface area (Å²) >= 11 is 1.88. The van der Waals surface area contributed by atoms with Crippen molar-refractivity contribution in [2.75, 3.05) is 33.2 Å². The second-order valence-electron chi connectivity index (χ2n) is 6.83. The molecule has 0 radical (unpaired) electrons. The lowest BCUT2D eigenvalue weighted by Gasteiger charge is -2.30. The highest BCUT2D eigenvalue weighted by Gasteiger charge is 2.15. The third kappa shape index (κ3) is 8.73. The fraction of sp³-hybridized carbons (Fsp3) is 0.737. The van der Waals surface area contributed by atoms with E-state index in [4.69, 9.17) is 0 Å². The van der Waals surface area contributed by atoms with E-state index in [2.05, 4.69) is 46.5 Å². The summed E-state index contributed by atoms with van der Waals surface area (Å²) in [5.74, 6) is 1.79. The van der Waals surface area contributed by atoms with Crippen molar-refractivity contribution in [2.24, 2.45) is 10.9 Å². The van der Waals surface area contributed by atoms with Crippen LogP contribution in [0.5, 0.6) is 0 Å². The molecule has 1 aromatic heterocycles. The van der Waals surface area contributed by atoms with Crippen molar-refractivity contribution in [3.8, 4) is 0 Å². The maximum absolute atomic E-state index is 4.32. The van der Waals surface area contributed by atoms with Crippen molar-refractivity contribution < 1.29 is 0 Å². The number of unbranched alkanes of at least 4 members (excludes halogenated alkanes) is 1. The summed E-state index contributed by atoms with van der Waals surface area (Å²) < 4.78 is 0. The molecule has 2 rings (SSSR count). The summed E-state index contributed by atoms with van der Waals surface area (Å²) in [4.78, 5) is 9.76. The first-order valence-electron chi connectivity index (χ1n) is 9.45. The van der Waals surface area contributed by atoms with Crippen LogP contribution in [-0.2, 0) is 13.0 Å². The monoisotopic (exact) mass is 478 g/mol. The van der Waals surface area contributed by atoms with Crippen LogP contribution in [0.1, 0.15) is 49.3 Å². The number of nitrogens with zero attached hydrogens (tertiary/aromatic N) is 2. The minimum absolute atomic E-state index is 0. The van der Waals surface area contributed by atoms with Crippen LogP contribution in [0.25, 0.3) is 0 Å². The van der Waals surface area contributed by atoms with Crippen LogP contribution in [0.4, 0.5) is 0 Å². The Morgan fingerprint density at radius 3 is 2.76 bits per heavy atom. The van der Waals surface area contributed by atoms with Crippen molar-refractivity contribution >= 4 is 41.3 Å². The van der Waals surface area contributed by atoms with E-state index in [1.54, 1.807) is 0 Å². The average Bonchev–Trinajstić information content (AvgIpc) is 3.05. The number of piperidine rings is 1. The molecule has 2 N–H and O–H groups in total. The van der Waals surface area contributed by atoms with Crippen LogP contribution in [0.3, 0.4) is 0 Å². The molecule has 0 bridgehead atoms. The van der Waals surface area contributed by atoms with Gasteiger partial charge in [0.15, 0.2) is 5.96 Å². The van der Waals surface area contributed by atoms with Crippen LogP contribution in [0.15, 0.2) is 17.1 Å². The first-order valence-corrected chi connectivity index (χ1v) is 10.3. The van der Waals surface area contributed by atoms with Gasteiger partial charge in [0.1, 0.15) is 0 Å². The summed E-state index contributed by atoms with van der Waals surface area (Å²) in [7, 11) is 1.84. The molecular weight excluding hydrogens is 443 g/mol. The molecule has 0 aliphatic carbocycles. The Hall–Kier alpha value is -0.340. The second-order valence-corrected chi connectivity index (χ2v) is 8.08. The van der Waals surface area contributed by atoms with Crippen molar-refractivity contribution in [1.29, 1.82) is 0 Å². The van der Waals surface area contributed by atoms with Crippen molar-refractivity contribution in [3.63, 3.8) is 0 Å². The van der Waals surface area contributed by atoms with E-state index >= 15 is 0 Å². The molecule has 2 heterocycles. The highest BCUT2D eigenvalue weighted by molar-refractivity contribution is 14.0. The topological polar surface area (TPSA) is 39.7 Å². The highest BCUT2D eigenvalue weighted by Crippen LogP contribution is 2.16. The lowest BCUT2D eigenvalue weighted by atomic mass is 10.0. The zero-order valence-electron chi connectivity index (χ0n) is 16.0.